The van der Waals surface area contributed by atoms with Crippen LogP contribution in [0.2, 0.25) is 0 Å². The van der Waals surface area contributed by atoms with Crippen LogP contribution in [0, 0.1) is 3.70 Å². The molecule has 0 spiro atoms. The van der Waals surface area contributed by atoms with Crippen molar-refractivity contribution < 1.29 is 26.7 Å². The number of pyridine rings is 1. The highest BCUT2D eigenvalue weighted by Crippen LogP contribution is 2.38. The zero-order valence-electron chi connectivity index (χ0n) is 7.36. The molecule has 1 aromatic rings. The predicted octanol–water partition coefficient (Wildman–Crippen LogP) is 3.46. The van der Waals surface area contributed by atoms with Crippen LogP contribution in [0.3, 0.4) is 0 Å². The van der Waals surface area contributed by atoms with Gasteiger partial charge in [0.2, 0.25) is 0 Å². The maximum Gasteiger partial charge on any atom is 0.417 e. The molecule has 1 heterocycles. The van der Waals surface area contributed by atoms with E-state index in [0.29, 0.717) is 6.20 Å². The number of rotatable bonds is 2. The number of halogens is 6. The fourth-order valence-corrected chi connectivity index (χ4v) is 1.64. The highest BCUT2D eigenvalue weighted by atomic mass is 127. The van der Waals surface area contributed by atoms with Crippen molar-refractivity contribution in [1.82, 2.24) is 4.98 Å². The van der Waals surface area contributed by atoms with Crippen molar-refractivity contribution in [2.75, 3.05) is 0 Å². The molecule has 8 heteroatoms. The van der Waals surface area contributed by atoms with Gasteiger partial charge in [0, 0.05) is 11.8 Å². The molecule has 0 saturated carbocycles. The number of aldehydes is 1. The largest absolute Gasteiger partial charge is 0.417 e. The van der Waals surface area contributed by atoms with E-state index in [1.54, 1.807) is 0 Å². The molecule has 1 rings (SSSR count). The monoisotopic (exact) mass is 351 g/mol. The molecular formula is C8H3F5INO. The summed E-state index contributed by atoms with van der Waals surface area (Å²) in [5, 5.41) is 0. The Hall–Kier alpha value is -0.800. The first-order valence-electron chi connectivity index (χ1n) is 3.78. The van der Waals surface area contributed by atoms with Crippen LogP contribution < -0.4 is 0 Å². The van der Waals surface area contributed by atoms with Crippen LogP contribution in [0.4, 0.5) is 22.0 Å². The van der Waals surface area contributed by atoms with Gasteiger partial charge in [-0.1, -0.05) is 0 Å². The Kier molecular flexibility index (Phi) is 3.81. The second-order valence-corrected chi connectivity index (χ2v) is 3.73. The first-order chi connectivity index (χ1) is 7.29. The third kappa shape index (κ3) is 2.47. The Morgan fingerprint density at radius 2 is 1.94 bits per heavy atom. The van der Waals surface area contributed by atoms with Gasteiger partial charge in [0.05, 0.1) is 11.1 Å². The standard InChI is InChI=1S/C8H3F5INO/c9-6(10)3-1-15-7(14)4(2-16)5(3)8(11,12)13/h1-2,6H. The Morgan fingerprint density at radius 3 is 2.31 bits per heavy atom. The molecule has 0 N–H and O–H groups in total. The number of aromatic nitrogens is 1. The van der Waals surface area contributed by atoms with Gasteiger partial charge in [0.15, 0.2) is 6.29 Å². The topological polar surface area (TPSA) is 30.0 Å². The van der Waals surface area contributed by atoms with Gasteiger partial charge in [0.25, 0.3) is 6.43 Å². The van der Waals surface area contributed by atoms with E-state index >= 15 is 0 Å². The molecule has 0 aromatic carbocycles. The van der Waals surface area contributed by atoms with Crippen molar-refractivity contribution >= 4 is 28.9 Å². The summed E-state index contributed by atoms with van der Waals surface area (Å²) < 4.78 is 62.0. The molecule has 0 unspecified atom stereocenters. The molecule has 0 bridgehead atoms. The van der Waals surface area contributed by atoms with Crippen molar-refractivity contribution in [3.05, 3.63) is 26.6 Å². The van der Waals surface area contributed by atoms with Crippen molar-refractivity contribution in [2.45, 2.75) is 12.6 Å². The number of nitrogens with zero attached hydrogens (tertiary/aromatic N) is 1. The first-order valence-corrected chi connectivity index (χ1v) is 4.85. The van der Waals surface area contributed by atoms with E-state index in [1.807, 2.05) is 0 Å². The van der Waals surface area contributed by atoms with E-state index in [1.165, 1.54) is 22.6 Å². The van der Waals surface area contributed by atoms with E-state index in [2.05, 4.69) is 4.98 Å². The highest BCUT2D eigenvalue weighted by Gasteiger charge is 2.39. The Labute approximate surface area is 100.0 Å². The zero-order valence-corrected chi connectivity index (χ0v) is 9.51. The van der Waals surface area contributed by atoms with Crippen LogP contribution in [-0.2, 0) is 6.18 Å². The van der Waals surface area contributed by atoms with Crippen LogP contribution in [0.25, 0.3) is 0 Å². The van der Waals surface area contributed by atoms with Gasteiger partial charge < -0.3 is 0 Å². The lowest BCUT2D eigenvalue weighted by atomic mass is 10.1. The molecule has 0 aliphatic rings. The van der Waals surface area contributed by atoms with E-state index in [0.717, 1.165) is 0 Å². The van der Waals surface area contributed by atoms with Gasteiger partial charge in [0.1, 0.15) is 3.70 Å². The molecule has 1 aromatic heterocycles. The molecule has 88 valence electrons. The van der Waals surface area contributed by atoms with Crippen molar-refractivity contribution in [2.24, 2.45) is 0 Å². The summed E-state index contributed by atoms with van der Waals surface area (Å²) in [6.45, 7) is 0. The van der Waals surface area contributed by atoms with Crippen LogP contribution in [0.1, 0.15) is 27.9 Å². The van der Waals surface area contributed by atoms with Crippen molar-refractivity contribution in [3.8, 4) is 0 Å². The quantitative estimate of drug-likeness (QED) is 0.354. The minimum atomic E-state index is -5.01. The SMILES string of the molecule is O=Cc1c(I)ncc(C(F)F)c1C(F)(F)F. The molecule has 2 nitrogen and oxygen atoms in total. The molecule has 0 aliphatic heterocycles. The number of carbonyl (C=O) groups is 1. The van der Waals surface area contributed by atoms with Crippen LogP contribution in [0.15, 0.2) is 6.20 Å². The Bertz CT molecular complexity index is 418. The number of hydrogen-bond acceptors (Lipinski definition) is 2. The van der Waals surface area contributed by atoms with Gasteiger partial charge in [-0.2, -0.15) is 13.2 Å². The summed E-state index contributed by atoms with van der Waals surface area (Å²) in [4.78, 5) is 13.8. The fourth-order valence-electron chi connectivity index (χ4n) is 1.11. The lowest BCUT2D eigenvalue weighted by Gasteiger charge is -2.14. The maximum absolute atomic E-state index is 12.5. The van der Waals surface area contributed by atoms with Gasteiger partial charge >= 0.3 is 6.18 Å². The fraction of sp³-hybridized carbons (Fsp3) is 0.250. The molecule has 16 heavy (non-hydrogen) atoms. The average Bonchev–Trinajstić information content (AvgIpc) is 2.15. The smallest absolute Gasteiger partial charge is 0.298 e. The second-order valence-electron chi connectivity index (χ2n) is 2.71. The van der Waals surface area contributed by atoms with E-state index < -0.39 is 29.3 Å². The van der Waals surface area contributed by atoms with Crippen molar-refractivity contribution in [1.29, 1.82) is 0 Å². The second kappa shape index (κ2) is 4.60. The lowest BCUT2D eigenvalue weighted by molar-refractivity contribution is -0.139. The zero-order chi connectivity index (χ0) is 12.5. The van der Waals surface area contributed by atoms with Gasteiger partial charge in [-0.05, 0) is 22.6 Å². The summed E-state index contributed by atoms with van der Waals surface area (Å²) >= 11 is 1.38. The third-order valence-electron chi connectivity index (χ3n) is 1.73. The van der Waals surface area contributed by atoms with E-state index in [-0.39, 0.29) is 9.99 Å². The maximum atomic E-state index is 12.5. The summed E-state index contributed by atoms with van der Waals surface area (Å²) in [6, 6.07) is 0. The lowest BCUT2D eigenvalue weighted by Crippen LogP contribution is -2.15. The average molecular weight is 351 g/mol. The molecule has 0 atom stereocenters. The molecular weight excluding hydrogens is 348 g/mol. The minimum absolute atomic E-state index is 0.122. The van der Waals surface area contributed by atoms with E-state index in [9.17, 15) is 26.7 Å². The van der Waals surface area contributed by atoms with Crippen LogP contribution in [0.5, 0.6) is 0 Å². The van der Waals surface area contributed by atoms with Gasteiger partial charge in [-0.3, -0.25) is 4.79 Å². The highest BCUT2D eigenvalue weighted by molar-refractivity contribution is 14.1. The normalized spacial score (nSPS) is 11.9. The molecule has 0 amide bonds. The predicted molar refractivity (Wildman–Crippen MR) is 52.3 cm³/mol. The minimum Gasteiger partial charge on any atom is -0.298 e. The summed E-state index contributed by atoms with van der Waals surface area (Å²) in [5.41, 5.74) is -3.75. The summed E-state index contributed by atoms with van der Waals surface area (Å²) in [7, 11) is 0. The summed E-state index contributed by atoms with van der Waals surface area (Å²) in [6.07, 6.45) is -8.03. The van der Waals surface area contributed by atoms with Crippen LogP contribution >= 0.6 is 22.6 Å². The number of alkyl halides is 5. The summed E-state index contributed by atoms with van der Waals surface area (Å²) in [5.74, 6) is 0. The molecule has 0 radical (unpaired) electrons. The van der Waals surface area contributed by atoms with Gasteiger partial charge in [-0.15, -0.1) is 0 Å². The Balaban J connectivity index is 3.61. The van der Waals surface area contributed by atoms with Crippen LogP contribution in [-0.4, -0.2) is 11.3 Å². The number of carbonyl (C=O) groups excluding carboxylic acids is 1. The molecule has 0 saturated heterocycles. The van der Waals surface area contributed by atoms with E-state index in [4.69, 9.17) is 0 Å². The molecule has 0 fully saturated rings. The van der Waals surface area contributed by atoms with Gasteiger partial charge in [-0.25, -0.2) is 13.8 Å². The molecule has 0 aliphatic carbocycles. The Morgan fingerprint density at radius 1 is 1.38 bits per heavy atom. The van der Waals surface area contributed by atoms with Crippen molar-refractivity contribution in [3.63, 3.8) is 0 Å². The number of hydrogen-bond donors (Lipinski definition) is 0. The first kappa shape index (κ1) is 13.3. The third-order valence-corrected chi connectivity index (χ3v) is 2.59.